The molecule has 2 rings (SSSR count). The van der Waals surface area contributed by atoms with E-state index in [1.54, 1.807) is 0 Å². The number of hydrogen-bond donors (Lipinski definition) is 1. The molecule has 1 aromatic rings. The minimum Gasteiger partial charge on any atom is -0.308 e. The van der Waals surface area contributed by atoms with Crippen molar-refractivity contribution in [2.45, 2.75) is 13.0 Å². The molecular formula is C12H17ClN2. The first kappa shape index (κ1) is 10.9. The van der Waals surface area contributed by atoms with Gasteiger partial charge < -0.3 is 10.2 Å². The maximum Gasteiger partial charge on any atom is 0.0449 e. The number of nitrogens with one attached hydrogen (secondary N) is 1. The molecule has 15 heavy (non-hydrogen) atoms. The molecule has 3 heteroatoms. The van der Waals surface area contributed by atoms with Crippen LogP contribution in [-0.2, 0) is 0 Å². The van der Waals surface area contributed by atoms with Gasteiger partial charge >= 0.3 is 0 Å². The van der Waals surface area contributed by atoms with Gasteiger partial charge in [-0.05, 0) is 24.2 Å². The van der Waals surface area contributed by atoms with Crippen LogP contribution in [-0.4, -0.2) is 31.1 Å². The second-order valence-corrected chi connectivity index (χ2v) is 4.39. The topological polar surface area (TPSA) is 15.3 Å². The Kier molecular flexibility index (Phi) is 3.62. The fourth-order valence-corrected chi connectivity index (χ4v) is 2.14. The Morgan fingerprint density at radius 2 is 2.13 bits per heavy atom. The highest BCUT2D eigenvalue weighted by Gasteiger charge is 2.18. The molecule has 0 spiro atoms. The van der Waals surface area contributed by atoms with E-state index in [9.17, 15) is 0 Å². The Bertz CT molecular complexity index is 310. The molecular weight excluding hydrogens is 208 g/mol. The number of rotatable bonds is 2. The molecule has 1 aliphatic heterocycles. The average molecular weight is 225 g/mol. The van der Waals surface area contributed by atoms with Crippen molar-refractivity contribution in [3.05, 3.63) is 34.9 Å². The van der Waals surface area contributed by atoms with E-state index in [4.69, 9.17) is 11.6 Å². The van der Waals surface area contributed by atoms with Crippen LogP contribution in [0.15, 0.2) is 24.3 Å². The van der Waals surface area contributed by atoms with Crippen molar-refractivity contribution >= 4 is 11.6 Å². The maximum absolute atomic E-state index is 5.88. The number of piperazine rings is 1. The fraction of sp³-hybridized carbons (Fsp3) is 0.500. The summed E-state index contributed by atoms with van der Waals surface area (Å²) in [4.78, 5) is 2.47. The van der Waals surface area contributed by atoms with Gasteiger partial charge in [-0.2, -0.15) is 0 Å². The standard InChI is InChI=1S/C12H17ClN2/c1-2-15-8-7-14-12(9-15)10-3-5-11(13)6-4-10/h3-6,12,14H,2,7-9H2,1H3/t12-/m0/s1. The van der Waals surface area contributed by atoms with E-state index in [0.29, 0.717) is 6.04 Å². The zero-order valence-electron chi connectivity index (χ0n) is 9.04. The quantitative estimate of drug-likeness (QED) is 0.830. The van der Waals surface area contributed by atoms with Crippen LogP contribution in [0.3, 0.4) is 0 Å². The molecule has 0 aromatic heterocycles. The summed E-state index contributed by atoms with van der Waals surface area (Å²) in [6, 6.07) is 8.60. The van der Waals surface area contributed by atoms with Crippen molar-refractivity contribution in [2.75, 3.05) is 26.2 Å². The van der Waals surface area contributed by atoms with Crippen LogP contribution < -0.4 is 5.32 Å². The van der Waals surface area contributed by atoms with Gasteiger partial charge in [-0.15, -0.1) is 0 Å². The number of likely N-dealkylation sites (N-methyl/N-ethyl adjacent to an activating group) is 1. The number of benzene rings is 1. The van der Waals surface area contributed by atoms with Crippen molar-refractivity contribution in [1.29, 1.82) is 0 Å². The molecule has 1 fully saturated rings. The molecule has 1 aliphatic rings. The molecule has 1 N–H and O–H groups in total. The Hall–Kier alpha value is -0.570. The predicted octanol–water partition coefficient (Wildman–Crippen LogP) is 2.31. The highest BCUT2D eigenvalue weighted by Crippen LogP contribution is 2.19. The minimum absolute atomic E-state index is 0.455. The van der Waals surface area contributed by atoms with E-state index in [-0.39, 0.29) is 0 Å². The van der Waals surface area contributed by atoms with Gasteiger partial charge in [0.1, 0.15) is 0 Å². The monoisotopic (exact) mass is 224 g/mol. The Morgan fingerprint density at radius 1 is 1.40 bits per heavy atom. The van der Waals surface area contributed by atoms with E-state index in [1.807, 2.05) is 12.1 Å². The first-order chi connectivity index (χ1) is 7.29. The zero-order chi connectivity index (χ0) is 10.7. The van der Waals surface area contributed by atoms with Crippen LogP contribution in [0.4, 0.5) is 0 Å². The Labute approximate surface area is 96.2 Å². The molecule has 82 valence electrons. The Balaban J connectivity index is 2.06. The number of hydrogen-bond acceptors (Lipinski definition) is 2. The molecule has 0 bridgehead atoms. The average Bonchev–Trinajstić information content (AvgIpc) is 2.30. The minimum atomic E-state index is 0.455. The highest BCUT2D eigenvalue weighted by atomic mass is 35.5. The van der Waals surface area contributed by atoms with Crippen molar-refractivity contribution in [3.63, 3.8) is 0 Å². The van der Waals surface area contributed by atoms with Gasteiger partial charge in [-0.1, -0.05) is 30.7 Å². The molecule has 0 saturated carbocycles. The van der Waals surface area contributed by atoms with Crippen molar-refractivity contribution in [2.24, 2.45) is 0 Å². The van der Waals surface area contributed by atoms with E-state index < -0.39 is 0 Å². The fourth-order valence-electron chi connectivity index (χ4n) is 2.02. The summed E-state index contributed by atoms with van der Waals surface area (Å²) < 4.78 is 0. The van der Waals surface area contributed by atoms with Gasteiger partial charge in [0.05, 0.1) is 0 Å². The zero-order valence-corrected chi connectivity index (χ0v) is 9.80. The molecule has 0 aliphatic carbocycles. The van der Waals surface area contributed by atoms with Crippen molar-refractivity contribution in [3.8, 4) is 0 Å². The van der Waals surface area contributed by atoms with Gasteiger partial charge in [0, 0.05) is 30.7 Å². The summed E-state index contributed by atoms with van der Waals surface area (Å²) in [6.45, 7) is 6.66. The molecule has 0 unspecified atom stereocenters. The van der Waals surface area contributed by atoms with Gasteiger partial charge in [-0.3, -0.25) is 0 Å². The highest BCUT2D eigenvalue weighted by molar-refractivity contribution is 6.30. The SMILES string of the molecule is CCN1CCN[C@H](c2ccc(Cl)cc2)C1. The van der Waals surface area contributed by atoms with Crippen molar-refractivity contribution in [1.82, 2.24) is 10.2 Å². The van der Waals surface area contributed by atoms with Gasteiger partial charge in [0.15, 0.2) is 0 Å². The molecule has 1 heterocycles. The van der Waals surface area contributed by atoms with E-state index in [0.717, 1.165) is 31.2 Å². The Morgan fingerprint density at radius 3 is 2.80 bits per heavy atom. The summed E-state index contributed by atoms with van der Waals surface area (Å²) in [5, 5.41) is 4.34. The molecule has 1 aromatic carbocycles. The molecule has 0 radical (unpaired) electrons. The van der Waals surface area contributed by atoms with Gasteiger partial charge in [0.2, 0.25) is 0 Å². The lowest BCUT2D eigenvalue weighted by Gasteiger charge is -2.33. The summed E-state index contributed by atoms with van der Waals surface area (Å²) >= 11 is 5.88. The predicted molar refractivity (Wildman–Crippen MR) is 64.3 cm³/mol. The molecule has 1 saturated heterocycles. The van der Waals surface area contributed by atoms with Crippen LogP contribution >= 0.6 is 11.6 Å². The normalized spacial score (nSPS) is 22.9. The lowest BCUT2D eigenvalue weighted by molar-refractivity contribution is 0.210. The van der Waals surface area contributed by atoms with Crippen LogP contribution in [0.2, 0.25) is 5.02 Å². The van der Waals surface area contributed by atoms with E-state index >= 15 is 0 Å². The summed E-state index contributed by atoms with van der Waals surface area (Å²) in [5.74, 6) is 0. The van der Waals surface area contributed by atoms with E-state index in [1.165, 1.54) is 5.56 Å². The number of nitrogens with zero attached hydrogens (tertiary/aromatic N) is 1. The van der Waals surface area contributed by atoms with E-state index in [2.05, 4.69) is 29.3 Å². The summed E-state index contributed by atoms with van der Waals surface area (Å²) in [6.07, 6.45) is 0. The van der Waals surface area contributed by atoms with Crippen molar-refractivity contribution < 1.29 is 0 Å². The second kappa shape index (κ2) is 4.97. The summed E-state index contributed by atoms with van der Waals surface area (Å²) in [7, 11) is 0. The van der Waals surface area contributed by atoms with Crippen LogP contribution in [0.5, 0.6) is 0 Å². The molecule has 2 nitrogen and oxygen atoms in total. The van der Waals surface area contributed by atoms with Gasteiger partial charge in [-0.25, -0.2) is 0 Å². The summed E-state index contributed by atoms with van der Waals surface area (Å²) in [5.41, 5.74) is 1.33. The van der Waals surface area contributed by atoms with Crippen LogP contribution in [0.25, 0.3) is 0 Å². The smallest absolute Gasteiger partial charge is 0.0449 e. The second-order valence-electron chi connectivity index (χ2n) is 3.95. The number of halogens is 1. The van der Waals surface area contributed by atoms with Crippen LogP contribution in [0.1, 0.15) is 18.5 Å². The third kappa shape index (κ3) is 2.71. The third-order valence-electron chi connectivity index (χ3n) is 2.98. The molecule has 0 amide bonds. The molecule has 1 atom stereocenters. The maximum atomic E-state index is 5.88. The lowest BCUT2D eigenvalue weighted by atomic mass is 10.0. The first-order valence-corrected chi connectivity index (χ1v) is 5.88. The largest absolute Gasteiger partial charge is 0.308 e. The van der Waals surface area contributed by atoms with Crippen LogP contribution in [0, 0.1) is 0 Å². The first-order valence-electron chi connectivity index (χ1n) is 5.51. The van der Waals surface area contributed by atoms with Gasteiger partial charge in [0.25, 0.3) is 0 Å². The third-order valence-corrected chi connectivity index (χ3v) is 3.23. The lowest BCUT2D eigenvalue weighted by Crippen LogP contribution is -2.45.